The van der Waals surface area contributed by atoms with Gasteiger partial charge in [0.2, 0.25) is 0 Å². The predicted molar refractivity (Wildman–Crippen MR) is 103 cm³/mol. The van der Waals surface area contributed by atoms with Gasteiger partial charge in [-0.25, -0.2) is 0 Å². The number of aryl methyl sites for hydroxylation is 2. The maximum Gasteiger partial charge on any atom is 0.303 e. The van der Waals surface area contributed by atoms with Crippen molar-refractivity contribution < 1.29 is 9.90 Å². The molecular formula is C22H29NO2. The molecule has 0 radical (unpaired) electrons. The molecule has 3 nitrogen and oxygen atoms in total. The Morgan fingerprint density at radius 1 is 1.04 bits per heavy atom. The molecule has 0 fully saturated rings. The summed E-state index contributed by atoms with van der Waals surface area (Å²) in [5, 5.41) is 12.7. The van der Waals surface area contributed by atoms with Crippen molar-refractivity contribution >= 4 is 5.97 Å². The molecule has 2 rings (SSSR count). The minimum Gasteiger partial charge on any atom is -0.481 e. The number of benzene rings is 2. The molecule has 0 amide bonds. The summed E-state index contributed by atoms with van der Waals surface area (Å²) in [6.45, 7) is 4.31. The van der Waals surface area contributed by atoms with Crippen molar-refractivity contribution in [1.82, 2.24) is 5.32 Å². The van der Waals surface area contributed by atoms with Gasteiger partial charge >= 0.3 is 5.97 Å². The van der Waals surface area contributed by atoms with Crippen LogP contribution in [0.4, 0.5) is 0 Å². The first-order valence-corrected chi connectivity index (χ1v) is 9.10. The molecular weight excluding hydrogens is 310 g/mol. The third-order valence-electron chi connectivity index (χ3n) is 4.50. The molecule has 3 heteroatoms. The lowest BCUT2D eigenvalue weighted by Gasteiger charge is -2.23. The van der Waals surface area contributed by atoms with Gasteiger partial charge in [0.25, 0.3) is 0 Å². The van der Waals surface area contributed by atoms with Gasteiger partial charge in [-0.05, 0) is 50.7 Å². The summed E-state index contributed by atoms with van der Waals surface area (Å²) in [5.74, 6) is -0.729. The highest BCUT2D eigenvalue weighted by atomic mass is 16.4. The zero-order valence-corrected chi connectivity index (χ0v) is 15.2. The van der Waals surface area contributed by atoms with Crippen LogP contribution in [0, 0.1) is 6.92 Å². The van der Waals surface area contributed by atoms with Gasteiger partial charge in [0.1, 0.15) is 0 Å². The van der Waals surface area contributed by atoms with Crippen LogP contribution < -0.4 is 5.32 Å². The number of rotatable bonds is 10. The van der Waals surface area contributed by atoms with Crippen molar-refractivity contribution in [1.29, 1.82) is 0 Å². The van der Waals surface area contributed by atoms with Gasteiger partial charge in [-0.3, -0.25) is 4.79 Å². The van der Waals surface area contributed by atoms with Crippen LogP contribution in [-0.2, 0) is 17.6 Å². The number of hydrogen-bond donors (Lipinski definition) is 2. The van der Waals surface area contributed by atoms with Crippen LogP contribution in [-0.4, -0.2) is 23.2 Å². The summed E-state index contributed by atoms with van der Waals surface area (Å²) in [4.78, 5) is 11.0. The van der Waals surface area contributed by atoms with Crippen LogP contribution >= 0.6 is 0 Å². The maximum absolute atomic E-state index is 11.0. The quantitative estimate of drug-likeness (QED) is 0.675. The second kappa shape index (κ2) is 10.00. The molecule has 0 saturated heterocycles. The van der Waals surface area contributed by atoms with Crippen molar-refractivity contribution in [2.24, 2.45) is 0 Å². The Kier molecular flexibility index (Phi) is 7.68. The number of carboxylic acid groups (broad SMARTS) is 1. The number of aliphatic carboxylic acids is 1. The Bertz CT molecular complexity index is 654. The van der Waals surface area contributed by atoms with Crippen LogP contribution in [0.5, 0.6) is 0 Å². The van der Waals surface area contributed by atoms with Gasteiger partial charge in [-0.2, -0.15) is 0 Å². The zero-order chi connectivity index (χ0) is 18.1. The number of hydrogen-bond acceptors (Lipinski definition) is 2. The molecule has 0 aliphatic carbocycles. The van der Waals surface area contributed by atoms with Crippen LogP contribution in [0.2, 0.25) is 0 Å². The van der Waals surface area contributed by atoms with E-state index in [1.165, 1.54) is 16.7 Å². The Balaban J connectivity index is 1.88. The minimum atomic E-state index is -0.729. The first-order chi connectivity index (χ1) is 12.0. The molecule has 0 aliphatic rings. The highest BCUT2D eigenvalue weighted by Gasteiger charge is 2.14. The normalized spacial score (nSPS) is 13.4. The topological polar surface area (TPSA) is 49.3 Å². The van der Waals surface area contributed by atoms with Gasteiger partial charge in [-0.1, -0.05) is 60.2 Å². The van der Waals surface area contributed by atoms with Crippen LogP contribution in [0.1, 0.15) is 42.9 Å². The highest BCUT2D eigenvalue weighted by molar-refractivity contribution is 5.66. The van der Waals surface area contributed by atoms with Crippen LogP contribution in [0.15, 0.2) is 54.6 Å². The summed E-state index contributed by atoms with van der Waals surface area (Å²) in [6, 6.07) is 19.4. The molecule has 2 N–H and O–H groups in total. The first-order valence-electron chi connectivity index (χ1n) is 9.10. The minimum absolute atomic E-state index is 0.186. The van der Waals surface area contributed by atoms with Crippen LogP contribution in [0.25, 0.3) is 0 Å². The van der Waals surface area contributed by atoms with E-state index in [0.29, 0.717) is 12.5 Å². The molecule has 2 aromatic rings. The number of carbonyl (C=O) groups is 1. The Labute approximate surface area is 151 Å². The maximum atomic E-state index is 11.0. The average Bonchev–Trinajstić information content (AvgIpc) is 2.59. The summed E-state index contributed by atoms with van der Waals surface area (Å²) in [5.41, 5.74) is 3.90. The molecule has 2 atom stereocenters. The second-order valence-electron chi connectivity index (χ2n) is 6.91. The Morgan fingerprint density at radius 3 is 2.44 bits per heavy atom. The largest absolute Gasteiger partial charge is 0.481 e. The van der Waals surface area contributed by atoms with E-state index in [1.807, 2.05) is 18.2 Å². The third kappa shape index (κ3) is 7.53. The van der Waals surface area contributed by atoms with Gasteiger partial charge in [0.15, 0.2) is 0 Å². The summed E-state index contributed by atoms with van der Waals surface area (Å²) in [7, 11) is 0. The molecule has 0 aromatic heterocycles. The van der Waals surface area contributed by atoms with Gasteiger partial charge in [0, 0.05) is 18.5 Å². The Morgan fingerprint density at radius 2 is 1.76 bits per heavy atom. The fourth-order valence-electron chi connectivity index (χ4n) is 3.18. The number of carboxylic acids is 1. The van der Waals surface area contributed by atoms with Crippen molar-refractivity contribution in [3.63, 3.8) is 0 Å². The van der Waals surface area contributed by atoms with E-state index in [4.69, 9.17) is 5.11 Å². The molecule has 0 saturated carbocycles. The van der Waals surface area contributed by atoms with E-state index in [0.717, 1.165) is 19.3 Å². The zero-order valence-electron chi connectivity index (χ0n) is 15.2. The summed E-state index contributed by atoms with van der Waals surface area (Å²) in [6.07, 6.45) is 3.80. The van der Waals surface area contributed by atoms with Gasteiger partial charge < -0.3 is 10.4 Å². The van der Waals surface area contributed by atoms with E-state index >= 15 is 0 Å². The fraction of sp³-hybridized carbons (Fsp3) is 0.409. The Hall–Kier alpha value is -2.13. The van der Waals surface area contributed by atoms with E-state index in [1.54, 1.807) is 0 Å². The lowest BCUT2D eigenvalue weighted by molar-refractivity contribution is -0.137. The van der Waals surface area contributed by atoms with E-state index in [9.17, 15) is 4.79 Å². The van der Waals surface area contributed by atoms with Crippen molar-refractivity contribution in [2.45, 2.75) is 58.0 Å². The molecule has 25 heavy (non-hydrogen) atoms. The summed E-state index contributed by atoms with van der Waals surface area (Å²) >= 11 is 0. The SMILES string of the molecule is Cc1cccc(CCC(C)NC(CCC(=O)O)Cc2ccccc2)c1. The van der Waals surface area contributed by atoms with Crippen LogP contribution in [0.3, 0.4) is 0 Å². The third-order valence-corrected chi connectivity index (χ3v) is 4.50. The number of nitrogens with one attached hydrogen (secondary N) is 1. The average molecular weight is 339 g/mol. The van der Waals surface area contributed by atoms with Gasteiger partial charge in [0.05, 0.1) is 0 Å². The van der Waals surface area contributed by atoms with Crippen molar-refractivity contribution in [3.8, 4) is 0 Å². The highest BCUT2D eigenvalue weighted by Crippen LogP contribution is 2.12. The second-order valence-corrected chi connectivity index (χ2v) is 6.91. The lowest BCUT2D eigenvalue weighted by Crippen LogP contribution is -2.38. The molecule has 0 bridgehead atoms. The smallest absolute Gasteiger partial charge is 0.303 e. The molecule has 0 aliphatic heterocycles. The van der Waals surface area contributed by atoms with Crippen molar-refractivity contribution in [2.75, 3.05) is 0 Å². The van der Waals surface area contributed by atoms with Crippen molar-refractivity contribution in [3.05, 3.63) is 71.3 Å². The molecule has 2 unspecified atom stereocenters. The fourth-order valence-corrected chi connectivity index (χ4v) is 3.18. The van der Waals surface area contributed by atoms with E-state index < -0.39 is 5.97 Å². The molecule has 0 heterocycles. The summed E-state index contributed by atoms with van der Waals surface area (Å²) < 4.78 is 0. The lowest BCUT2D eigenvalue weighted by atomic mass is 9.99. The first kappa shape index (κ1) is 19.2. The monoisotopic (exact) mass is 339 g/mol. The van der Waals surface area contributed by atoms with E-state index in [2.05, 4.69) is 55.6 Å². The molecule has 2 aromatic carbocycles. The molecule has 134 valence electrons. The standard InChI is InChI=1S/C22H29NO2/c1-17-7-6-10-20(15-17)12-11-18(2)23-21(13-14-22(24)25)16-19-8-4-3-5-9-19/h3-10,15,18,21,23H,11-14,16H2,1-2H3,(H,24,25). The van der Waals surface area contributed by atoms with Gasteiger partial charge in [-0.15, -0.1) is 0 Å². The predicted octanol–water partition coefficient (Wildman–Crippen LogP) is 4.38. The molecule has 0 spiro atoms. The van der Waals surface area contributed by atoms with E-state index in [-0.39, 0.29) is 12.5 Å².